The van der Waals surface area contributed by atoms with Crippen LogP contribution in [-0.4, -0.2) is 44.1 Å². The largest absolute Gasteiger partial charge is 0.392 e. The summed E-state index contributed by atoms with van der Waals surface area (Å²) in [6.07, 6.45) is 0.279. The van der Waals surface area contributed by atoms with Crippen molar-refractivity contribution >= 4 is 15.7 Å². The third kappa shape index (κ3) is 2.43. The summed E-state index contributed by atoms with van der Waals surface area (Å²) in [5, 5.41) is 13.0. The summed E-state index contributed by atoms with van der Waals surface area (Å²) in [6, 6.07) is 6.94. The quantitative estimate of drug-likeness (QED) is 0.884. The van der Waals surface area contributed by atoms with Crippen molar-refractivity contribution < 1.29 is 13.5 Å². The van der Waals surface area contributed by atoms with E-state index < -0.39 is 10.0 Å². The normalized spacial score (nSPS) is 25.3. The van der Waals surface area contributed by atoms with Crippen molar-refractivity contribution in [3.05, 3.63) is 24.3 Å². The number of hydrogen-bond acceptors (Lipinski definition) is 4. The highest BCUT2D eigenvalue weighted by molar-refractivity contribution is 7.89. The van der Waals surface area contributed by atoms with Gasteiger partial charge in [0.2, 0.25) is 10.0 Å². The molecule has 0 spiro atoms. The average Bonchev–Trinajstić information content (AvgIpc) is 2.38. The molecule has 0 radical (unpaired) electrons. The molecule has 5 nitrogen and oxygen atoms in total. The van der Waals surface area contributed by atoms with E-state index in [4.69, 9.17) is 0 Å². The lowest BCUT2D eigenvalue weighted by Gasteiger charge is -2.50. The monoisotopic (exact) mass is 298 g/mol. The Labute approximate surface area is 120 Å². The van der Waals surface area contributed by atoms with Gasteiger partial charge in [-0.1, -0.05) is 26.0 Å². The second-order valence-electron chi connectivity index (χ2n) is 6.05. The first-order chi connectivity index (χ1) is 9.17. The summed E-state index contributed by atoms with van der Waals surface area (Å²) in [4.78, 5) is 0.266. The summed E-state index contributed by atoms with van der Waals surface area (Å²) >= 11 is 0. The highest BCUT2D eigenvalue weighted by Gasteiger charge is 2.47. The summed E-state index contributed by atoms with van der Waals surface area (Å²) in [6.45, 7) is 3.95. The van der Waals surface area contributed by atoms with Crippen molar-refractivity contribution in [3.63, 3.8) is 0 Å². The van der Waals surface area contributed by atoms with Crippen LogP contribution in [0, 0.1) is 5.41 Å². The third-order valence-corrected chi connectivity index (χ3v) is 6.06. The highest BCUT2D eigenvalue weighted by atomic mass is 32.2. The molecule has 2 rings (SSSR count). The molecular formula is C14H22N2O3S. The zero-order chi connectivity index (χ0) is 15.1. The standard InChI is InChI=1S/C14H22N2O3S/c1-14(2)12(9-13(14)17)15-10-7-5-6-8-11(10)20(18,19)16(3)4/h5-8,12-13,15,17H,9H2,1-4H3. The van der Waals surface area contributed by atoms with Crippen molar-refractivity contribution in [2.24, 2.45) is 5.41 Å². The maximum atomic E-state index is 12.3. The molecule has 0 aliphatic heterocycles. The maximum absolute atomic E-state index is 12.3. The van der Waals surface area contributed by atoms with Crippen LogP contribution in [0.3, 0.4) is 0 Å². The molecule has 1 aromatic carbocycles. The van der Waals surface area contributed by atoms with Gasteiger partial charge >= 0.3 is 0 Å². The van der Waals surface area contributed by atoms with E-state index in [2.05, 4.69) is 5.32 Å². The molecule has 0 aromatic heterocycles. The van der Waals surface area contributed by atoms with Crippen LogP contribution in [0.15, 0.2) is 29.2 Å². The molecule has 2 unspecified atom stereocenters. The number of benzene rings is 1. The number of rotatable bonds is 4. The van der Waals surface area contributed by atoms with Crippen molar-refractivity contribution in [1.82, 2.24) is 4.31 Å². The van der Waals surface area contributed by atoms with Crippen LogP contribution < -0.4 is 5.32 Å². The third-order valence-electron chi connectivity index (χ3n) is 4.19. The van der Waals surface area contributed by atoms with Crippen molar-refractivity contribution in [2.45, 2.75) is 37.3 Å². The number of hydrogen-bond donors (Lipinski definition) is 2. The van der Waals surface area contributed by atoms with Crippen molar-refractivity contribution in [3.8, 4) is 0 Å². The van der Waals surface area contributed by atoms with E-state index in [0.717, 1.165) is 0 Å². The maximum Gasteiger partial charge on any atom is 0.244 e. The van der Waals surface area contributed by atoms with E-state index >= 15 is 0 Å². The topological polar surface area (TPSA) is 69.6 Å². The van der Waals surface area contributed by atoms with Gasteiger partial charge in [0.05, 0.1) is 11.8 Å². The summed E-state index contributed by atoms with van der Waals surface area (Å²) in [5.74, 6) is 0. The van der Waals surface area contributed by atoms with Gasteiger partial charge in [-0.25, -0.2) is 12.7 Å². The molecule has 1 aliphatic carbocycles. The van der Waals surface area contributed by atoms with Gasteiger partial charge in [-0.2, -0.15) is 0 Å². The zero-order valence-corrected chi connectivity index (χ0v) is 13.1. The van der Waals surface area contributed by atoms with Gasteiger partial charge in [-0.3, -0.25) is 0 Å². The number of anilines is 1. The van der Waals surface area contributed by atoms with Crippen LogP contribution in [-0.2, 0) is 10.0 Å². The van der Waals surface area contributed by atoms with Gasteiger partial charge in [0.15, 0.2) is 0 Å². The second-order valence-corrected chi connectivity index (χ2v) is 8.17. The summed E-state index contributed by atoms with van der Waals surface area (Å²) in [5.41, 5.74) is 0.334. The Kier molecular flexibility index (Phi) is 3.83. The molecule has 1 fully saturated rings. The van der Waals surface area contributed by atoms with Gasteiger partial charge < -0.3 is 10.4 Å². The Morgan fingerprint density at radius 3 is 2.40 bits per heavy atom. The smallest absolute Gasteiger partial charge is 0.244 e. The van der Waals surface area contributed by atoms with E-state index in [1.54, 1.807) is 24.3 Å². The number of nitrogens with zero attached hydrogens (tertiary/aromatic N) is 1. The van der Waals surface area contributed by atoms with Crippen LogP contribution in [0.1, 0.15) is 20.3 Å². The molecule has 1 aromatic rings. The molecule has 0 bridgehead atoms. The van der Waals surface area contributed by atoms with Gasteiger partial charge in [0.1, 0.15) is 4.90 Å². The number of para-hydroxylation sites is 1. The van der Waals surface area contributed by atoms with Gasteiger partial charge in [-0.05, 0) is 18.6 Å². The molecule has 20 heavy (non-hydrogen) atoms. The molecular weight excluding hydrogens is 276 g/mol. The lowest BCUT2D eigenvalue weighted by Crippen LogP contribution is -2.57. The first kappa shape index (κ1) is 15.3. The SMILES string of the molecule is CN(C)S(=O)(=O)c1ccccc1NC1CC(O)C1(C)C. The van der Waals surface area contributed by atoms with Gasteiger partial charge in [0, 0.05) is 25.6 Å². The molecule has 2 N–H and O–H groups in total. The van der Waals surface area contributed by atoms with E-state index in [-0.39, 0.29) is 22.5 Å². The number of nitrogens with one attached hydrogen (secondary N) is 1. The predicted octanol–water partition coefficient (Wildman–Crippen LogP) is 1.51. The summed E-state index contributed by atoms with van der Waals surface area (Å²) < 4.78 is 25.8. The molecule has 2 atom stereocenters. The predicted molar refractivity (Wildman–Crippen MR) is 79.1 cm³/mol. The van der Waals surface area contributed by atoms with Gasteiger partial charge in [-0.15, -0.1) is 0 Å². The molecule has 0 amide bonds. The number of aliphatic hydroxyl groups excluding tert-OH is 1. The van der Waals surface area contributed by atoms with Crippen molar-refractivity contribution in [2.75, 3.05) is 19.4 Å². The number of aliphatic hydroxyl groups is 1. The molecule has 0 heterocycles. The first-order valence-corrected chi connectivity index (χ1v) is 8.07. The lowest BCUT2D eigenvalue weighted by molar-refractivity contribution is -0.0511. The van der Waals surface area contributed by atoms with Crippen LogP contribution in [0.2, 0.25) is 0 Å². The van der Waals surface area contributed by atoms with Crippen LogP contribution in [0.25, 0.3) is 0 Å². The first-order valence-electron chi connectivity index (χ1n) is 6.63. The van der Waals surface area contributed by atoms with Crippen LogP contribution in [0.4, 0.5) is 5.69 Å². The van der Waals surface area contributed by atoms with E-state index in [1.807, 2.05) is 13.8 Å². The number of sulfonamides is 1. The Morgan fingerprint density at radius 1 is 1.30 bits per heavy atom. The fraction of sp³-hybridized carbons (Fsp3) is 0.571. The van der Waals surface area contributed by atoms with E-state index in [0.29, 0.717) is 12.1 Å². The molecule has 1 saturated carbocycles. The fourth-order valence-corrected chi connectivity index (χ4v) is 3.39. The molecule has 0 saturated heterocycles. The molecule has 6 heteroatoms. The van der Waals surface area contributed by atoms with Crippen LogP contribution in [0.5, 0.6) is 0 Å². The minimum absolute atomic E-state index is 0.0658. The van der Waals surface area contributed by atoms with E-state index in [9.17, 15) is 13.5 Å². The van der Waals surface area contributed by atoms with Crippen LogP contribution >= 0.6 is 0 Å². The Hall–Kier alpha value is -1.11. The fourth-order valence-electron chi connectivity index (χ4n) is 2.34. The minimum Gasteiger partial charge on any atom is -0.392 e. The lowest BCUT2D eigenvalue weighted by atomic mass is 9.64. The summed E-state index contributed by atoms with van der Waals surface area (Å²) in [7, 11) is -0.446. The minimum atomic E-state index is -3.48. The van der Waals surface area contributed by atoms with E-state index in [1.165, 1.54) is 18.4 Å². The zero-order valence-electron chi connectivity index (χ0n) is 12.3. The Balaban J connectivity index is 2.31. The molecule has 112 valence electrons. The highest BCUT2D eigenvalue weighted by Crippen LogP contribution is 2.42. The second kappa shape index (κ2) is 5.02. The van der Waals surface area contributed by atoms with Crippen molar-refractivity contribution in [1.29, 1.82) is 0 Å². The average molecular weight is 298 g/mol. The van der Waals surface area contributed by atoms with Gasteiger partial charge in [0.25, 0.3) is 0 Å². The molecule has 1 aliphatic rings. The Bertz CT molecular complexity index is 596. The Morgan fingerprint density at radius 2 is 1.90 bits per heavy atom.